The lowest BCUT2D eigenvalue weighted by molar-refractivity contribution is -0.119. The number of nitrogens with zero attached hydrogens (tertiary/aromatic N) is 1. The van der Waals surface area contributed by atoms with Crippen LogP contribution in [0.1, 0.15) is 13.8 Å². The molecule has 6 nitrogen and oxygen atoms in total. The summed E-state index contributed by atoms with van der Waals surface area (Å²) in [6, 6.07) is 19.3. The highest BCUT2D eigenvalue weighted by atomic mass is 32.2. The zero-order valence-electron chi connectivity index (χ0n) is 15.7. The third-order valence-electron chi connectivity index (χ3n) is 4.02. The maximum absolute atomic E-state index is 12.2. The summed E-state index contributed by atoms with van der Waals surface area (Å²) >= 11 is 1.28. The maximum Gasteiger partial charge on any atom is 0.321 e. The molecule has 3 N–H and O–H groups in total. The Kier molecular flexibility index (Phi) is 6.49. The molecular formula is C21H22N4O2S. The van der Waals surface area contributed by atoms with Crippen LogP contribution in [0.25, 0.3) is 22.5 Å². The number of rotatable bonds is 6. The van der Waals surface area contributed by atoms with Crippen molar-refractivity contribution in [1.29, 1.82) is 0 Å². The summed E-state index contributed by atoms with van der Waals surface area (Å²) in [7, 11) is 0. The molecule has 0 aliphatic heterocycles. The molecule has 7 heteroatoms. The quantitative estimate of drug-likeness (QED) is 0.550. The number of amides is 3. The van der Waals surface area contributed by atoms with Gasteiger partial charge in [0, 0.05) is 17.7 Å². The lowest BCUT2D eigenvalue weighted by Crippen LogP contribution is -2.42. The first kappa shape index (κ1) is 19.7. The van der Waals surface area contributed by atoms with E-state index in [0.29, 0.717) is 11.7 Å². The Balaban J connectivity index is 1.85. The molecule has 0 radical (unpaired) electrons. The summed E-state index contributed by atoms with van der Waals surface area (Å²) in [5.74, 6) is -0.366. The Labute approximate surface area is 168 Å². The van der Waals surface area contributed by atoms with Crippen molar-refractivity contribution >= 4 is 23.7 Å². The Morgan fingerprint density at radius 1 is 1.04 bits per heavy atom. The van der Waals surface area contributed by atoms with Crippen LogP contribution in [0.2, 0.25) is 0 Å². The summed E-state index contributed by atoms with van der Waals surface area (Å²) < 4.78 is 0. The number of nitrogens with one attached hydrogen (secondary N) is 3. The fourth-order valence-corrected chi connectivity index (χ4v) is 3.47. The molecule has 1 atom stereocenters. The number of aromatic amines is 1. The third-order valence-corrected chi connectivity index (χ3v) is 5.01. The van der Waals surface area contributed by atoms with Crippen molar-refractivity contribution in [3.8, 4) is 22.5 Å². The molecule has 2 aromatic carbocycles. The molecule has 1 heterocycles. The number of carbonyl (C=O) groups is 2. The van der Waals surface area contributed by atoms with Gasteiger partial charge in [0.05, 0.1) is 16.6 Å². The van der Waals surface area contributed by atoms with Crippen molar-refractivity contribution in [1.82, 2.24) is 20.6 Å². The van der Waals surface area contributed by atoms with E-state index in [1.54, 1.807) is 13.8 Å². The Morgan fingerprint density at radius 3 is 2.25 bits per heavy atom. The standard InChI is InChI=1S/C21H22N4O2S/c1-3-22-20(27)25-19(26)14(2)28-21-23-17(15-10-6-4-7-11-15)18(24-21)16-12-8-5-9-13-16/h4-14H,3H2,1-2H3,(H,23,24)(H2,22,25,26,27)/t14-/m1/s1. The average Bonchev–Trinajstić information content (AvgIpc) is 3.13. The highest BCUT2D eigenvalue weighted by Gasteiger charge is 2.21. The molecule has 0 saturated heterocycles. The van der Waals surface area contributed by atoms with Gasteiger partial charge in [-0.05, 0) is 13.8 Å². The van der Waals surface area contributed by atoms with Gasteiger partial charge in [0.15, 0.2) is 5.16 Å². The summed E-state index contributed by atoms with van der Waals surface area (Å²) in [4.78, 5) is 31.8. The van der Waals surface area contributed by atoms with Gasteiger partial charge in [-0.3, -0.25) is 10.1 Å². The van der Waals surface area contributed by atoms with Crippen LogP contribution in [0.3, 0.4) is 0 Å². The number of aromatic nitrogens is 2. The van der Waals surface area contributed by atoms with Gasteiger partial charge in [0.25, 0.3) is 0 Å². The van der Waals surface area contributed by atoms with Gasteiger partial charge < -0.3 is 10.3 Å². The predicted octanol–water partition coefficient (Wildman–Crippen LogP) is 4.07. The summed E-state index contributed by atoms with van der Waals surface area (Å²) in [6.45, 7) is 3.99. The molecule has 0 aliphatic rings. The van der Waals surface area contributed by atoms with Gasteiger partial charge in [-0.15, -0.1) is 0 Å². The van der Waals surface area contributed by atoms with Gasteiger partial charge in [-0.1, -0.05) is 72.4 Å². The first-order valence-electron chi connectivity index (χ1n) is 9.04. The summed E-state index contributed by atoms with van der Waals surface area (Å²) in [5.41, 5.74) is 3.72. The van der Waals surface area contributed by atoms with E-state index < -0.39 is 11.3 Å². The van der Waals surface area contributed by atoms with Crippen LogP contribution in [0.4, 0.5) is 4.79 Å². The number of imide groups is 1. The second kappa shape index (κ2) is 9.23. The third kappa shape index (κ3) is 4.80. The molecule has 1 aromatic heterocycles. The van der Waals surface area contributed by atoms with Crippen LogP contribution < -0.4 is 10.6 Å². The normalized spacial score (nSPS) is 11.6. The number of imidazole rings is 1. The van der Waals surface area contributed by atoms with Gasteiger partial charge in [0.2, 0.25) is 5.91 Å². The summed E-state index contributed by atoms with van der Waals surface area (Å²) in [6.07, 6.45) is 0. The molecule has 0 bridgehead atoms. The van der Waals surface area contributed by atoms with E-state index in [4.69, 9.17) is 4.98 Å². The lowest BCUT2D eigenvalue weighted by Gasteiger charge is -2.09. The minimum atomic E-state index is -0.491. The van der Waals surface area contributed by atoms with Gasteiger partial charge >= 0.3 is 6.03 Å². The van der Waals surface area contributed by atoms with E-state index in [0.717, 1.165) is 22.5 Å². The fraction of sp³-hybridized carbons (Fsp3) is 0.190. The van der Waals surface area contributed by atoms with Crippen molar-refractivity contribution in [3.05, 3.63) is 60.7 Å². The Morgan fingerprint density at radius 2 is 1.64 bits per heavy atom. The highest BCUT2D eigenvalue weighted by molar-refractivity contribution is 8.00. The first-order chi connectivity index (χ1) is 13.6. The second-order valence-corrected chi connectivity index (χ2v) is 7.44. The van der Waals surface area contributed by atoms with E-state index in [2.05, 4.69) is 15.6 Å². The van der Waals surface area contributed by atoms with Crippen LogP contribution >= 0.6 is 11.8 Å². The summed E-state index contributed by atoms with van der Waals surface area (Å²) in [5, 5.41) is 5.02. The first-order valence-corrected chi connectivity index (χ1v) is 9.92. The second-order valence-electron chi connectivity index (χ2n) is 6.11. The Hall–Kier alpha value is -3.06. The van der Waals surface area contributed by atoms with E-state index in [1.165, 1.54) is 11.8 Å². The van der Waals surface area contributed by atoms with Crippen LogP contribution in [-0.2, 0) is 4.79 Å². The van der Waals surface area contributed by atoms with Crippen LogP contribution in [0.5, 0.6) is 0 Å². The van der Waals surface area contributed by atoms with E-state index in [1.807, 2.05) is 60.7 Å². The number of hydrogen-bond donors (Lipinski definition) is 3. The predicted molar refractivity (Wildman–Crippen MR) is 112 cm³/mol. The van der Waals surface area contributed by atoms with E-state index in [-0.39, 0.29) is 5.91 Å². The van der Waals surface area contributed by atoms with Crippen molar-refractivity contribution in [2.24, 2.45) is 0 Å². The van der Waals surface area contributed by atoms with Gasteiger partial charge in [0.1, 0.15) is 0 Å². The zero-order chi connectivity index (χ0) is 19.9. The number of carbonyl (C=O) groups excluding carboxylic acids is 2. The topological polar surface area (TPSA) is 86.9 Å². The molecule has 28 heavy (non-hydrogen) atoms. The fourth-order valence-electron chi connectivity index (χ4n) is 2.67. The number of benzene rings is 2. The zero-order valence-corrected chi connectivity index (χ0v) is 16.5. The smallest absolute Gasteiger partial charge is 0.321 e. The molecule has 3 amide bonds. The molecule has 0 saturated carbocycles. The number of thioether (sulfide) groups is 1. The van der Waals surface area contributed by atoms with E-state index >= 15 is 0 Å². The molecule has 144 valence electrons. The van der Waals surface area contributed by atoms with Crippen molar-refractivity contribution < 1.29 is 9.59 Å². The van der Waals surface area contributed by atoms with E-state index in [9.17, 15) is 9.59 Å². The number of hydrogen-bond acceptors (Lipinski definition) is 4. The lowest BCUT2D eigenvalue weighted by atomic mass is 10.1. The van der Waals surface area contributed by atoms with Crippen LogP contribution in [-0.4, -0.2) is 33.7 Å². The molecule has 3 rings (SSSR count). The highest BCUT2D eigenvalue weighted by Crippen LogP contribution is 2.33. The monoisotopic (exact) mass is 394 g/mol. The Bertz CT molecular complexity index is 885. The molecule has 3 aromatic rings. The molecule has 0 spiro atoms. The molecule has 0 fully saturated rings. The largest absolute Gasteiger partial charge is 0.338 e. The number of urea groups is 1. The minimum absolute atomic E-state index is 0.366. The van der Waals surface area contributed by atoms with Crippen molar-refractivity contribution in [2.75, 3.05) is 6.54 Å². The van der Waals surface area contributed by atoms with Crippen molar-refractivity contribution in [3.63, 3.8) is 0 Å². The maximum atomic E-state index is 12.2. The van der Waals surface area contributed by atoms with Gasteiger partial charge in [-0.25, -0.2) is 9.78 Å². The molecule has 0 aliphatic carbocycles. The molecular weight excluding hydrogens is 372 g/mol. The average molecular weight is 395 g/mol. The molecule has 0 unspecified atom stereocenters. The van der Waals surface area contributed by atoms with Crippen LogP contribution in [0.15, 0.2) is 65.8 Å². The van der Waals surface area contributed by atoms with Crippen molar-refractivity contribution in [2.45, 2.75) is 24.3 Å². The minimum Gasteiger partial charge on any atom is -0.338 e. The SMILES string of the molecule is CCNC(=O)NC(=O)[C@@H](C)Sc1nc(-c2ccccc2)c(-c2ccccc2)[nH]1. The van der Waals surface area contributed by atoms with Crippen LogP contribution in [0, 0.1) is 0 Å². The number of H-pyrrole nitrogens is 1. The van der Waals surface area contributed by atoms with Gasteiger partial charge in [-0.2, -0.15) is 0 Å².